The van der Waals surface area contributed by atoms with Crippen LogP contribution < -0.4 is 5.32 Å². The lowest BCUT2D eigenvalue weighted by molar-refractivity contribution is -0.131. The Labute approximate surface area is 90.5 Å². The summed E-state index contributed by atoms with van der Waals surface area (Å²) in [5, 5.41) is 11.8. The predicted molar refractivity (Wildman–Crippen MR) is 55.5 cm³/mol. The van der Waals surface area contributed by atoms with Crippen molar-refractivity contribution in [2.75, 3.05) is 0 Å². The highest BCUT2D eigenvalue weighted by Crippen LogP contribution is 2.10. The van der Waals surface area contributed by atoms with Gasteiger partial charge in [0.1, 0.15) is 0 Å². The zero-order valence-corrected chi connectivity index (χ0v) is 8.87. The molecule has 0 aliphatic carbocycles. The third-order valence-electron chi connectivity index (χ3n) is 1.48. The highest BCUT2D eigenvalue weighted by molar-refractivity contribution is 7.11. The summed E-state index contributed by atoms with van der Waals surface area (Å²) < 4.78 is 0. The molecule has 0 spiro atoms. The molecule has 2 N–H and O–H groups in total. The molecule has 1 aromatic rings. The number of hydrogen-bond donors (Lipinski definition) is 2. The monoisotopic (exact) mass is 226 g/mol. The number of aromatic nitrogens is 1. The van der Waals surface area contributed by atoms with E-state index < -0.39 is 11.9 Å². The van der Waals surface area contributed by atoms with Crippen LogP contribution >= 0.6 is 11.3 Å². The van der Waals surface area contributed by atoms with Gasteiger partial charge in [0.05, 0.1) is 11.6 Å². The number of aryl methyl sites for hydroxylation is 1. The molecule has 15 heavy (non-hydrogen) atoms. The zero-order chi connectivity index (χ0) is 11.3. The van der Waals surface area contributed by atoms with Gasteiger partial charge in [-0.2, -0.15) is 0 Å². The fourth-order valence-corrected chi connectivity index (χ4v) is 1.60. The molecule has 0 aromatic carbocycles. The highest BCUT2D eigenvalue weighted by Gasteiger charge is 2.00. The number of carboxylic acids is 1. The minimum atomic E-state index is -1.14. The van der Waals surface area contributed by atoms with Crippen LogP contribution in [-0.4, -0.2) is 22.0 Å². The quantitative estimate of drug-likeness (QED) is 0.741. The molecule has 1 rings (SSSR count). The lowest BCUT2D eigenvalue weighted by Gasteiger charge is -1.97. The Kier molecular flexibility index (Phi) is 3.99. The van der Waals surface area contributed by atoms with Crippen LogP contribution in [0.5, 0.6) is 0 Å². The van der Waals surface area contributed by atoms with Crippen molar-refractivity contribution in [1.29, 1.82) is 0 Å². The van der Waals surface area contributed by atoms with E-state index in [-0.39, 0.29) is 0 Å². The normalized spacial score (nSPS) is 10.5. The standard InChI is InChI=1S/C9H10N2O3S/c1-6-10-4-7(15-6)5-11-8(12)2-3-9(13)14/h2-4H,5H2,1H3,(H,11,12)(H,13,14)/b3-2+. The van der Waals surface area contributed by atoms with E-state index in [0.29, 0.717) is 6.54 Å². The number of carboxylic acid groups (broad SMARTS) is 1. The number of carbonyl (C=O) groups is 2. The molecule has 0 unspecified atom stereocenters. The van der Waals surface area contributed by atoms with Gasteiger partial charge >= 0.3 is 5.97 Å². The summed E-state index contributed by atoms with van der Waals surface area (Å²) in [6, 6.07) is 0. The Morgan fingerprint density at radius 1 is 1.60 bits per heavy atom. The molecule has 6 heteroatoms. The molecule has 0 atom stereocenters. The first-order valence-corrected chi connectivity index (χ1v) is 4.99. The number of rotatable bonds is 4. The van der Waals surface area contributed by atoms with Gasteiger partial charge in [-0.3, -0.25) is 4.79 Å². The summed E-state index contributed by atoms with van der Waals surface area (Å²) >= 11 is 1.49. The lowest BCUT2D eigenvalue weighted by atomic mass is 10.4. The highest BCUT2D eigenvalue weighted by atomic mass is 32.1. The maximum absolute atomic E-state index is 11.1. The molecule has 1 amide bonds. The van der Waals surface area contributed by atoms with Crippen molar-refractivity contribution < 1.29 is 14.7 Å². The lowest BCUT2D eigenvalue weighted by Crippen LogP contribution is -2.19. The number of hydrogen-bond acceptors (Lipinski definition) is 4. The topological polar surface area (TPSA) is 79.3 Å². The third kappa shape index (κ3) is 4.37. The first kappa shape index (κ1) is 11.4. The van der Waals surface area contributed by atoms with Crippen LogP contribution in [0.2, 0.25) is 0 Å². The Morgan fingerprint density at radius 2 is 2.33 bits per heavy atom. The number of nitrogens with zero attached hydrogens (tertiary/aromatic N) is 1. The number of nitrogens with one attached hydrogen (secondary N) is 1. The van der Waals surface area contributed by atoms with Crippen molar-refractivity contribution in [3.63, 3.8) is 0 Å². The molecule has 0 bridgehead atoms. The Morgan fingerprint density at radius 3 is 2.87 bits per heavy atom. The van der Waals surface area contributed by atoms with Crippen LogP contribution in [0.15, 0.2) is 18.3 Å². The van der Waals surface area contributed by atoms with Crippen LogP contribution in [0.1, 0.15) is 9.88 Å². The number of aliphatic carboxylic acids is 1. The zero-order valence-electron chi connectivity index (χ0n) is 8.06. The van der Waals surface area contributed by atoms with Gasteiger partial charge in [-0.25, -0.2) is 9.78 Å². The molecular formula is C9H10N2O3S. The Balaban J connectivity index is 2.37. The van der Waals surface area contributed by atoms with Gasteiger partial charge < -0.3 is 10.4 Å². The smallest absolute Gasteiger partial charge is 0.328 e. The molecule has 0 aliphatic rings. The fourth-order valence-electron chi connectivity index (χ4n) is 0.867. The van der Waals surface area contributed by atoms with Gasteiger partial charge in [0.2, 0.25) is 5.91 Å². The van der Waals surface area contributed by atoms with Crippen molar-refractivity contribution in [3.8, 4) is 0 Å². The third-order valence-corrected chi connectivity index (χ3v) is 2.40. The molecule has 0 saturated carbocycles. The number of amides is 1. The molecule has 0 aliphatic heterocycles. The van der Waals surface area contributed by atoms with Crippen LogP contribution in [0.25, 0.3) is 0 Å². The van der Waals surface area contributed by atoms with Crippen LogP contribution in [0, 0.1) is 6.92 Å². The Bertz CT molecular complexity index is 398. The van der Waals surface area contributed by atoms with E-state index in [1.807, 2.05) is 6.92 Å². The minimum absolute atomic E-state index is 0.369. The average molecular weight is 226 g/mol. The van der Waals surface area contributed by atoms with Gasteiger partial charge in [-0.1, -0.05) is 0 Å². The average Bonchev–Trinajstić information content (AvgIpc) is 2.58. The van der Waals surface area contributed by atoms with E-state index in [2.05, 4.69) is 10.3 Å². The predicted octanol–water partition coefficient (Wildman–Crippen LogP) is 0.709. The molecule has 1 aromatic heterocycles. The molecular weight excluding hydrogens is 216 g/mol. The summed E-state index contributed by atoms with van der Waals surface area (Å²) in [7, 11) is 0. The maximum Gasteiger partial charge on any atom is 0.328 e. The van der Waals surface area contributed by atoms with Crippen molar-refractivity contribution in [1.82, 2.24) is 10.3 Å². The van der Waals surface area contributed by atoms with Gasteiger partial charge in [0.25, 0.3) is 0 Å². The summed E-state index contributed by atoms with van der Waals surface area (Å²) in [5.74, 6) is -1.57. The maximum atomic E-state index is 11.1. The van der Waals surface area contributed by atoms with Crippen LogP contribution in [0.3, 0.4) is 0 Å². The molecule has 1 heterocycles. The summed E-state index contributed by atoms with van der Waals surface area (Å²) in [5.41, 5.74) is 0. The second kappa shape index (κ2) is 5.26. The van der Waals surface area contributed by atoms with E-state index in [0.717, 1.165) is 22.0 Å². The van der Waals surface area contributed by atoms with Gasteiger partial charge in [-0.15, -0.1) is 11.3 Å². The van der Waals surface area contributed by atoms with E-state index in [9.17, 15) is 9.59 Å². The van der Waals surface area contributed by atoms with Gasteiger partial charge in [0, 0.05) is 23.2 Å². The molecule has 0 saturated heterocycles. The Hall–Kier alpha value is -1.69. The van der Waals surface area contributed by atoms with E-state index in [4.69, 9.17) is 5.11 Å². The van der Waals surface area contributed by atoms with Crippen molar-refractivity contribution in [3.05, 3.63) is 28.2 Å². The van der Waals surface area contributed by atoms with E-state index >= 15 is 0 Å². The summed E-state index contributed by atoms with van der Waals surface area (Å²) in [6.45, 7) is 2.24. The van der Waals surface area contributed by atoms with Crippen molar-refractivity contribution >= 4 is 23.2 Å². The first-order valence-electron chi connectivity index (χ1n) is 4.18. The summed E-state index contributed by atoms with van der Waals surface area (Å²) in [4.78, 5) is 26.1. The fraction of sp³-hybridized carbons (Fsp3) is 0.222. The van der Waals surface area contributed by atoms with Crippen LogP contribution in [0.4, 0.5) is 0 Å². The second-order valence-corrected chi connectivity index (χ2v) is 4.05. The van der Waals surface area contributed by atoms with E-state index in [1.165, 1.54) is 11.3 Å². The van der Waals surface area contributed by atoms with Gasteiger partial charge in [-0.05, 0) is 6.92 Å². The molecule has 0 fully saturated rings. The number of thiazole rings is 1. The number of carbonyl (C=O) groups excluding carboxylic acids is 1. The van der Waals surface area contributed by atoms with E-state index in [1.54, 1.807) is 6.20 Å². The van der Waals surface area contributed by atoms with Crippen LogP contribution in [-0.2, 0) is 16.1 Å². The first-order chi connectivity index (χ1) is 7.08. The summed E-state index contributed by atoms with van der Waals surface area (Å²) in [6.07, 6.45) is 3.46. The van der Waals surface area contributed by atoms with Crippen molar-refractivity contribution in [2.24, 2.45) is 0 Å². The molecule has 80 valence electrons. The largest absolute Gasteiger partial charge is 0.478 e. The molecule has 0 radical (unpaired) electrons. The SMILES string of the molecule is Cc1ncc(CNC(=O)/C=C/C(=O)O)s1. The molecule has 5 nitrogen and oxygen atoms in total. The van der Waals surface area contributed by atoms with Gasteiger partial charge in [0.15, 0.2) is 0 Å². The minimum Gasteiger partial charge on any atom is -0.478 e. The van der Waals surface area contributed by atoms with Crippen molar-refractivity contribution in [2.45, 2.75) is 13.5 Å². The second-order valence-electron chi connectivity index (χ2n) is 2.73.